The lowest BCUT2D eigenvalue weighted by molar-refractivity contribution is 0.286. The zero-order valence-electron chi connectivity index (χ0n) is 9.43. The fraction of sp³-hybridized carbons (Fsp3) is 0.273. The molecule has 0 amide bonds. The van der Waals surface area contributed by atoms with Crippen LogP contribution in [0.3, 0.4) is 0 Å². The van der Waals surface area contributed by atoms with Gasteiger partial charge in [-0.1, -0.05) is 12.1 Å². The predicted molar refractivity (Wildman–Crippen MR) is 67.4 cm³/mol. The van der Waals surface area contributed by atoms with E-state index in [0.717, 1.165) is 21.6 Å². The summed E-state index contributed by atoms with van der Waals surface area (Å²) in [5.41, 5.74) is 6.62. The molecule has 17 heavy (non-hydrogen) atoms. The van der Waals surface area contributed by atoms with Gasteiger partial charge < -0.3 is 15.0 Å². The second-order valence-electron chi connectivity index (χ2n) is 3.58. The SMILES string of the molecule is Cn1cnnc1COc1c(Br)cccc1CN. The fourth-order valence-corrected chi connectivity index (χ4v) is 1.97. The van der Waals surface area contributed by atoms with Gasteiger partial charge in [0, 0.05) is 19.2 Å². The highest BCUT2D eigenvalue weighted by Gasteiger charge is 2.08. The highest BCUT2D eigenvalue weighted by Crippen LogP contribution is 2.29. The average Bonchev–Trinajstić information content (AvgIpc) is 2.73. The van der Waals surface area contributed by atoms with Crippen LogP contribution >= 0.6 is 15.9 Å². The molecule has 0 saturated carbocycles. The molecule has 2 N–H and O–H groups in total. The van der Waals surface area contributed by atoms with Crippen LogP contribution in [0.15, 0.2) is 29.0 Å². The Bertz CT molecular complexity index is 512. The molecule has 0 atom stereocenters. The van der Waals surface area contributed by atoms with Crippen molar-refractivity contribution in [3.63, 3.8) is 0 Å². The van der Waals surface area contributed by atoms with Crippen molar-refractivity contribution in [1.82, 2.24) is 14.8 Å². The molecule has 1 heterocycles. The van der Waals surface area contributed by atoms with Gasteiger partial charge in [-0.15, -0.1) is 10.2 Å². The molecule has 0 aliphatic rings. The minimum Gasteiger partial charge on any atom is -0.484 e. The maximum absolute atomic E-state index is 5.73. The van der Waals surface area contributed by atoms with Crippen molar-refractivity contribution in [3.05, 3.63) is 40.4 Å². The number of aryl methyl sites for hydroxylation is 1. The zero-order chi connectivity index (χ0) is 12.3. The molecule has 0 aliphatic heterocycles. The average molecular weight is 297 g/mol. The van der Waals surface area contributed by atoms with Crippen molar-refractivity contribution in [2.45, 2.75) is 13.2 Å². The van der Waals surface area contributed by atoms with Gasteiger partial charge in [0.15, 0.2) is 5.82 Å². The topological polar surface area (TPSA) is 66.0 Å². The Kier molecular flexibility index (Phi) is 3.75. The molecule has 0 radical (unpaired) electrons. The Labute approximate surface area is 108 Å². The van der Waals surface area contributed by atoms with E-state index in [2.05, 4.69) is 26.1 Å². The summed E-state index contributed by atoms with van der Waals surface area (Å²) in [5, 5.41) is 7.75. The van der Waals surface area contributed by atoms with E-state index in [9.17, 15) is 0 Å². The molecule has 2 aromatic rings. The number of ether oxygens (including phenoxy) is 1. The molecular weight excluding hydrogens is 284 g/mol. The van der Waals surface area contributed by atoms with Crippen LogP contribution in [0.1, 0.15) is 11.4 Å². The summed E-state index contributed by atoms with van der Waals surface area (Å²) in [6, 6.07) is 5.80. The number of benzene rings is 1. The van der Waals surface area contributed by atoms with Gasteiger partial charge in [-0.25, -0.2) is 0 Å². The summed E-state index contributed by atoms with van der Waals surface area (Å²) >= 11 is 3.45. The number of halogens is 1. The van der Waals surface area contributed by atoms with Gasteiger partial charge in [0.25, 0.3) is 0 Å². The van der Waals surface area contributed by atoms with Crippen LogP contribution in [0.25, 0.3) is 0 Å². The molecule has 5 nitrogen and oxygen atoms in total. The molecule has 0 aliphatic carbocycles. The first-order chi connectivity index (χ1) is 8.22. The summed E-state index contributed by atoms with van der Waals surface area (Å²) in [7, 11) is 1.88. The van der Waals surface area contributed by atoms with Gasteiger partial charge in [0.05, 0.1) is 4.47 Å². The Morgan fingerprint density at radius 2 is 2.29 bits per heavy atom. The van der Waals surface area contributed by atoms with Crippen LogP contribution in [-0.4, -0.2) is 14.8 Å². The van der Waals surface area contributed by atoms with E-state index in [4.69, 9.17) is 10.5 Å². The lowest BCUT2D eigenvalue weighted by atomic mass is 10.2. The first kappa shape index (κ1) is 12.1. The monoisotopic (exact) mass is 296 g/mol. The fourth-order valence-electron chi connectivity index (χ4n) is 1.45. The smallest absolute Gasteiger partial charge is 0.170 e. The molecule has 0 spiro atoms. The van der Waals surface area contributed by atoms with E-state index in [1.807, 2.05) is 29.8 Å². The van der Waals surface area contributed by atoms with Crippen LogP contribution in [0.5, 0.6) is 5.75 Å². The van der Waals surface area contributed by atoms with Crippen molar-refractivity contribution in [2.75, 3.05) is 0 Å². The van der Waals surface area contributed by atoms with Crippen LogP contribution < -0.4 is 10.5 Å². The first-order valence-corrected chi connectivity index (χ1v) is 5.94. The van der Waals surface area contributed by atoms with E-state index >= 15 is 0 Å². The lowest BCUT2D eigenvalue weighted by Gasteiger charge is -2.11. The van der Waals surface area contributed by atoms with Crippen molar-refractivity contribution >= 4 is 15.9 Å². The predicted octanol–water partition coefficient (Wildman–Crippen LogP) is 1.62. The van der Waals surface area contributed by atoms with Crippen molar-refractivity contribution in [3.8, 4) is 5.75 Å². The third-order valence-electron chi connectivity index (χ3n) is 2.42. The Balaban J connectivity index is 2.16. The van der Waals surface area contributed by atoms with Gasteiger partial charge >= 0.3 is 0 Å². The quantitative estimate of drug-likeness (QED) is 0.931. The van der Waals surface area contributed by atoms with Crippen molar-refractivity contribution < 1.29 is 4.74 Å². The van der Waals surface area contributed by atoms with E-state index < -0.39 is 0 Å². The summed E-state index contributed by atoms with van der Waals surface area (Å²) in [4.78, 5) is 0. The molecule has 1 aromatic heterocycles. The van der Waals surface area contributed by atoms with Crippen LogP contribution in [0, 0.1) is 0 Å². The molecule has 0 bridgehead atoms. The largest absolute Gasteiger partial charge is 0.484 e. The first-order valence-electron chi connectivity index (χ1n) is 5.15. The van der Waals surface area contributed by atoms with Crippen LogP contribution in [-0.2, 0) is 20.2 Å². The van der Waals surface area contributed by atoms with Gasteiger partial charge in [-0.3, -0.25) is 0 Å². The highest BCUT2D eigenvalue weighted by atomic mass is 79.9. The molecule has 6 heteroatoms. The third kappa shape index (κ3) is 2.65. The highest BCUT2D eigenvalue weighted by molar-refractivity contribution is 9.10. The Morgan fingerprint density at radius 1 is 1.47 bits per heavy atom. The van der Waals surface area contributed by atoms with E-state index in [1.54, 1.807) is 6.33 Å². The molecule has 90 valence electrons. The van der Waals surface area contributed by atoms with Crippen molar-refractivity contribution in [2.24, 2.45) is 12.8 Å². The number of aromatic nitrogens is 3. The standard InChI is InChI=1S/C11H13BrN4O/c1-16-7-14-15-10(16)6-17-11-8(5-13)3-2-4-9(11)12/h2-4,7H,5-6,13H2,1H3. The lowest BCUT2D eigenvalue weighted by Crippen LogP contribution is -2.06. The number of nitrogens with two attached hydrogens (primary N) is 1. The molecular formula is C11H13BrN4O. The van der Waals surface area contributed by atoms with E-state index in [-0.39, 0.29) is 0 Å². The zero-order valence-corrected chi connectivity index (χ0v) is 11.0. The number of para-hydroxylation sites is 1. The maximum Gasteiger partial charge on any atom is 0.170 e. The Morgan fingerprint density at radius 3 is 2.94 bits per heavy atom. The van der Waals surface area contributed by atoms with Crippen LogP contribution in [0.4, 0.5) is 0 Å². The number of rotatable bonds is 4. The van der Waals surface area contributed by atoms with Gasteiger partial charge in [0.1, 0.15) is 18.7 Å². The Hall–Kier alpha value is -1.40. The van der Waals surface area contributed by atoms with Gasteiger partial charge in [-0.05, 0) is 22.0 Å². The summed E-state index contributed by atoms with van der Waals surface area (Å²) in [6.45, 7) is 0.805. The second kappa shape index (κ2) is 5.29. The van der Waals surface area contributed by atoms with Crippen LogP contribution in [0.2, 0.25) is 0 Å². The molecule has 0 fully saturated rings. The summed E-state index contributed by atoms with van der Waals surface area (Å²) in [6.07, 6.45) is 1.64. The number of nitrogens with zero attached hydrogens (tertiary/aromatic N) is 3. The second-order valence-corrected chi connectivity index (χ2v) is 4.43. The van der Waals surface area contributed by atoms with E-state index in [0.29, 0.717) is 13.2 Å². The molecule has 0 saturated heterocycles. The number of hydrogen-bond acceptors (Lipinski definition) is 4. The molecule has 0 unspecified atom stereocenters. The van der Waals surface area contributed by atoms with Crippen molar-refractivity contribution in [1.29, 1.82) is 0 Å². The summed E-state index contributed by atoms with van der Waals surface area (Å²) in [5.74, 6) is 1.53. The molecule has 1 aromatic carbocycles. The minimum atomic E-state index is 0.367. The minimum absolute atomic E-state index is 0.367. The third-order valence-corrected chi connectivity index (χ3v) is 3.04. The summed E-state index contributed by atoms with van der Waals surface area (Å²) < 4.78 is 8.44. The van der Waals surface area contributed by atoms with E-state index in [1.165, 1.54) is 0 Å². The normalized spacial score (nSPS) is 10.5. The number of hydrogen-bond donors (Lipinski definition) is 1. The van der Waals surface area contributed by atoms with Gasteiger partial charge in [0.2, 0.25) is 0 Å². The maximum atomic E-state index is 5.73. The molecule has 2 rings (SSSR count). The van der Waals surface area contributed by atoms with Gasteiger partial charge in [-0.2, -0.15) is 0 Å².